The Balaban J connectivity index is 1.80. The van der Waals surface area contributed by atoms with E-state index in [1.54, 1.807) is 4.90 Å². The first kappa shape index (κ1) is 17.4. The first-order valence-electron chi connectivity index (χ1n) is 8.17. The first-order chi connectivity index (χ1) is 11.4. The molecule has 0 bridgehead atoms. The molecule has 1 aromatic carbocycles. The number of fused-ring (bicyclic) bond motifs is 1. The Morgan fingerprint density at radius 3 is 2.79 bits per heavy atom. The topological polar surface area (TPSA) is 48.0 Å². The number of carbonyl (C=O) groups is 1. The van der Waals surface area contributed by atoms with Crippen LogP contribution < -0.4 is 20.0 Å². The van der Waals surface area contributed by atoms with E-state index in [0.717, 1.165) is 17.9 Å². The Kier molecular flexibility index (Phi) is 4.97. The summed E-state index contributed by atoms with van der Waals surface area (Å²) in [7, 11) is 4.22. The number of nitrogens with zero attached hydrogens (tertiary/aromatic N) is 3. The third-order valence-electron chi connectivity index (χ3n) is 4.71. The Labute approximate surface area is 154 Å². The number of likely N-dealkylation sites (N-methyl/N-ethyl adjacent to an activating group) is 2. The molecule has 24 heavy (non-hydrogen) atoms. The molecule has 6 nitrogen and oxygen atoms in total. The zero-order chi connectivity index (χ0) is 17.4. The molecule has 2 heterocycles. The number of cyclic esters (lactones) is 1. The van der Waals surface area contributed by atoms with Crippen LogP contribution in [0.3, 0.4) is 0 Å². The van der Waals surface area contributed by atoms with Crippen molar-refractivity contribution in [2.45, 2.75) is 26.0 Å². The van der Waals surface area contributed by atoms with Gasteiger partial charge in [-0.3, -0.25) is 0 Å². The van der Waals surface area contributed by atoms with Crippen LogP contribution in [0.4, 0.5) is 21.9 Å². The van der Waals surface area contributed by atoms with E-state index in [-0.39, 0.29) is 12.2 Å². The maximum atomic E-state index is 12.2. The van der Waals surface area contributed by atoms with E-state index >= 15 is 0 Å². The molecule has 1 aromatic rings. The monoisotopic (exact) mass is 500 g/mol. The van der Waals surface area contributed by atoms with E-state index in [0.29, 0.717) is 19.1 Å². The molecule has 2 aliphatic rings. The molecule has 1 saturated heterocycles. The summed E-state index contributed by atoms with van der Waals surface area (Å²) in [6.45, 7) is 6.49. The quantitative estimate of drug-likeness (QED) is 0.681. The van der Waals surface area contributed by atoms with Gasteiger partial charge in [0.2, 0.25) is 0 Å². The maximum absolute atomic E-state index is 12.2. The van der Waals surface area contributed by atoms with Crippen LogP contribution in [0.1, 0.15) is 13.8 Å². The first-order valence-corrected chi connectivity index (χ1v) is 9.64. The van der Waals surface area contributed by atoms with Gasteiger partial charge in [0.15, 0.2) is 0 Å². The van der Waals surface area contributed by atoms with Crippen molar-refractivity contribution in [2.24, 2.45) is 0 Å². The summed E-state index contributed by atoms with van der Waals surface area (Å²) < 4.78 is 6.69. The summed E-state index contributed by atoms with van der Waals surface area (Å²) in [5.41, 5.74) is 3.26. The fourth-order valence-electron chi connectivity index (χ4n) is 3.23. The van der Waals surface area contributed by atoms with E-state index < -0.39 is 0 Å². The number of ether oxygens (including phenoxy) is 1. The van der Waals surface area contributed by atoms with Gasteiger partial charge in [0.05, 0.1) is 0 Å². The fraction of sp³-hybridized carbons (Fsp3) is 0.529. The van der Waals surface area contributed by atoms with Crippen molar-refractivity contribution in [3.05, 3.63) is 18.2 Å². The second-order valence-electron chi connectivity index (χ2n) is 6.57. The Bertz CT molecular complexity index is 666. The second kappa shape index (κ2) is 6.85. The van der Waals surface area contributed by atoms with Gasteiger partial charge in [0, 0.05) is 0 Å². The summed E-state index contributed by atoms with van der Waals surface area (Å²) in [5, 5.41) is 3.28. The number of hydrogen-bond acceptors (Lipinski definition) is 5. The molecule has 130 valence electrons. The number of hydrogen-bond donors (Lipinski definition) is 1. The Hall–Kier alpha value is -1.39. The van der Waals surface area contributed by atoms with Gasteiger partial charge in [-0.1, -0.05) is 0 Å². The van der Waals surface area contributed by atoms with Gasteiger partial charge < -0.3 is 0 Å². The molecule has 2 atom stereocenters. The minimum absolute atomic E-state index is 0.108. The predicted molar refractivity (Wildman–Crippen MR) is 93.9 cm³/mol. The van der Waals surface area contributed by atoms with E-state index in [4.69, 9.17) is 4.74 Å². The third-order valence-corrected chi connectivity index (χ3v) is 5.23. The molecule has 1 unspecified atom stereocenters. The Morgan fingerprint density at radius 2 is 2.08 bits per heavy atom. The van der Waals surface area contributed by atoms with Crippen molar-refractivity contribution in [3.8, 4) is 0 Å². The van der Waals surface area contributed by atoms with Crippen molar-refractivity contribution < 1.29 is 28.9 Å². The zero-order valence-corrected chi connectivity index (χ0v) is 17.5. The number of nitrogens with one attached hydrogen (secondary N) is 1. The molecule has 2 aliphatic heterocycles. The molecule has 3 rings (SSSR count). The molecular formula is C17H24N4O2W. The molecule has 7 heteroatoms. The number of carbonyl (C=O) groups excluding carboxylic acids is 1. The van der Waals surface area contributed by atoms with Gasteiger partial charge in [0.1, 0.15) is 0 Å². The number of benzene rings is 1. The summed E-state index contributed by atoms with van der Waals surface area (Å²) in [6, 6.07) is 6.68. The molecule has 0 saturated carbocycles. The third kappa shape index (κ3) is 3.35. The summed E-state index contributed by atoms with van der Waals surface area (Å²) >= 11 is 1.40. The van der Waals surface area contributed by atoms with Gasteiger partial charge in [-0.05, 0) is 6.92 Å². The molecule has 0 aromatic heterocycles. The average molecular weight is 500 g/mol. The van der Waals surface area contributed by atoms with Crippen LogP contribution >= 0.6 is 0 Å². The molecule has 1 fully saturated rings. The minimum atomic E-state index is -0.261. The van der Waals surface area contributed by atoms with Gasteiger partial charge in [-0.15, -0.1) is 0 Å². The average Bonchev–Trinajstić information content (AvgIpc) is 2.91. The molecular weight excluding hydrogens is 476 g/mol. The summed E-state index contributed by atoms with van der Waals surface area (Å²) in [5.74, 6) is 0. The molecule has 0 aliphatic carbocycles. The van der Waals surface area contributed by atoms with Crippen molar-refractivity contribution in [2.75, 3.05) is 48.4 Å². The molecule has 1 amide bonds. The predicted octanol–water partition coefficient (Wildman–Crippen LogP) is 1.57. The number of rotatable bonds is 4. The van der Waals surface area contributed by atoms with Gasteiger partial charge in [-0.25, -0.2) is 0 Å². The zero-order valence-electron chi connectivity index (χ0n) is 14.6. The van der Waals surface area contributed by atoms with Crippen molar-refractivity contribution in [3.63, 3.8) is 0 Å². The van der Waals surface area contributed by atoms with Crippen LogP contribution in [0.2, 0.25) is 0 Å². The van der Waals surface area contributed by atoms with Crippen LogP contribution in [0.5, 0.6) is 0 Å². The van der Waals surface area contributed by atoms with Crippen LogP contribution in [0.15, 0.2) is 18.2 Å². The van der Waals surface area contributed by atoms with Crippen LogP contribution in [-0.2, 0) is 24.1 Å². The van der Waals surface area contributed by atoms with E-state index in [9.17, 15) is 4.79 Å². The van der Waals surface area contributed by atoms with Crippen LogP contribution in [0.25, 0.3) is 0 Å². The molecule has 0 radical (unpaired) electrons. The normalized spacial score (nSPS) is 23.3. The van der Waals surface area contributed by atoms with E-state index in [1.807, 2.05) is 13.0 Å². The van der Waals surface area contributed by atoms with Gasteiger partial charge in [-0.2, -0.15) is 0 Å². The number of amides is 1. The van der Waals surface area contributed by atoms with Crippen molar-refractivity contribution in [1.29, 1.82) is 0 Å². The van der Waals surface area contributed by atoms with Crippen LogP contribution in [0, 0.1) is 0 Å². The van der Waals surface area contributed by atoms with Gasteiger partial charge >= 0.3 is 147 Å². The van der Waals surface area contributed by atoms with Gasteiger partial charge in [0.25, 0.3) is 0 Å². The van der Waals surface area contributed by atoms with Crippen molar-refractivity contribution >= 4 is 27.2 Å². The van der Waals surface area contributed by atoms with E-state index in [2.05, 4.69) is 48.3 Å². The molecule has 1 N–H and O–H groups in total. The van der Waals surface area contributed by atoms with Crippen LogP contribution in [-0.4, -0.2) is 56.0 Å². The summed E-state index contributed by atoms with van der Waals surface area (Å²) in [6.07, 6.45) is -0.369. The number of anilines is 3. The SMILES string of the molecule is C[C](=[W])NC[C@H]1CN(c2ccc3c(c2)N(C)CC(C)N3C)C(=O)O1. The van der Waals surface area contributed by atoms with Crippen molar-refractivity contribution in [1.82, 2.24) is 5.32 Å². The summed E-state index contributed by atoms with van der Waals surface area (Å²) in [4.78, 5) is 18.5. The van der Waals surface area contributed by atoms with E-state index in [1.165, 1.54) is 29.1 Å². The Morgan fingerprint density at radius 1 is 1.33 bits per heavy atom. The second-order valence-corrected chi connectivity index (χ2v) is 8.77. The fourth-order valence-corrected chi connectivity index (χ4v) is 3.53. The standard InChI is InChI=1S/C17H24N4O2.W/c1-5-18-9-14-11-21(17(22)23-14)13-6-7-15-16(8-13)19(3)10-12(2)20(15)4;/h6-8,12,14,18H,9-11H2,1-4H3;/t12?,14-;/m0./s1. The molecule has 0 spiro atoms.